The average Bonchev–Trinajstić information content (AvgIpc) is 3.03. The second-order valence-electron chi connectivity index (χ2n) is 6.81. The minimum atomic E-state index is 0.182. The Kier molecular flexibility index (Phi) is 4.73. The standard InChI is InChI=1S/C17H23N5OS/c1-2-17(11-21(4-1)10-16-20-3-7-24-16)12-22(5-6-23-13-17)15-8-18-14-19-9-15/h3,7-9,14H,1-2,4-6,10-13H2. The third-order valence-electron chi connectivity index (χ3n) is 4.93. The van der Waals surface area contributed by atoms with Gasteiger partial charge in [-0.05, 0) is 19.4 Å². The van der Waals surface area contributed by atoms with Crippen molar-refractivity contribution in [3.63, 3.8) is 0 Å². The van der Waals surface area contributed by atoms with E-state index in [1.807, 2.05) is 18.6 Å². The smallest absolute Gasteiger partial charge is 0.115 e. The first-order valence-electron chi connectivity index (χ1n) is 8.51. The van der Waals surface area contributed by atoms with Gasteiger partial charge in [0, 0.05) is 36.6 Å². The Morgan fingerprint density at radius 2 is 2.12 bits per heavy atom. The van der Waals surface area contributed by atoms with Crippen LogP contribution in [0, 0.1) is 5.41 Å². The Hall–Kier alpha value is -1.57. The third kappa shape index (κ3) is 3.58. The van der Waals surface area contributed by atoms with Gasteiger partial charge in [-0.1, -0.05) is 0 Å². The molecule has 1 spiro atoms. The zero-order valence-electron chi connectivity index (χ0n) is 13.8. The molecule has 7 heteroatoms. The maximum absolute atomic E-state index is 6.00. The first kappa shape index (κ1) is 15.9. The number of rotatable bonds is 3. The lowest BCUT2D eigenvalue weighted by atomic mass is 9.80. The van der Waals surface area contributed by atoms with Crippen molar-refractivity contribution in [1.82, 2.24) is 19.9 Å². The molecule has 24 heavy (non-hydrogen) atoms. The number of piperidine rings is 1. The molecule has 128 valence electrons. The first-order chi connectivity index (χ1) is 11.8. The highest BCUT2D eigenvalue weighted by molar-refractivity contribution is 7.09. The van der Waals surface area contributed by atoms with Crippen LogP contribution in [0.25, 0.3) is 0 Å². The minimum Gasteiger partial charge on any atom is -0.379 e. The van der Waals surface area contributed by atoms with Gasteiger partial charge in [0.25, 0.3) is 0 Å². The van der Waals surface area contributed by atoms with E-state index in [2.05, 4.69) is 30.1 Å². The second kappa shape index (κ2) is 7.13. The number of aromatic nitrogens is 3. The Balaban J connectivity index is 1.49. The van der Waals surface area contributed by atoms with Gasteiger partial charge in [-0.2, -0.15) is 0 Å². The number of hydrogen-bond acceptors (Lipinski definition) is 7. The van der Waals surface area contributed by atoms with Crippen molar-refractivity contribution in [3.8, 4) is 0 Å². The van der Waals surface area contributed by atoms with Crippen molar-refractivity contribution < 1.29 is 4.74 Å². The summed E-state index contributed by atoms with van der Waals surface area (Å²) >= 11 is 1.74. The zero-order chi connectivity index (χ0) is 16.2. The molecule has 1 unspecified atom stereocenters. The summed E-state index contributed by atoms with van der Waals surface area (Å²) in [5.41, 5.74) is 1.28. The van der Waals surface area contributed by atoms with E-state index >= 15 is 0 Å². The maximum Gasteiger partial charge on any atom is 0.115 e. The Labute approximate surface area is 146 Å². The molecule has 4 rings (SSSR count). The van der Waals surface area contributed by atoms with Crippen LogP contribution in [-0.2, 0) is 11.3 Å². The molecule has 0 N–H and O–H groups in total. The van der Waals surface area contributed by atoms with Crippen LogP contribution >= 0.6 is 11.3 Å². The summed E-state index contributed by atoms with van der Waals surface area (Å²) in [7, 11) is 0. The molecule has 4 heterocycles. The Morgan fingerprint density at radius 3 is 2.96 bits per heavy atom. The average molecular weight is 345 g/mol. The van der Waals surface area contributed by atoms with E-state index in [1.165, 1.54) is 17.8 Å². The number of likely N-dealkylation sites (tertiary alicyclic amines) is 1. The van der Waals surface area contributed by atoms with Gasteiger partial charge in [0.15, 0.2) is 0 Å². The van der Waals surface area contributed by atoms with Gasteiger partial charge in [0.1, 0.15) is 11.3 Å². The maximum atomic E-state index is 6.00. The van der Waals surface area contributed by atoms with E-state index in [0.717, 1.165) is 51.6 Å². The van der Waals surface area contributed by atoms with Gasteiger partial charge < -0.3 is 9.64 Å². The molecule has 0 aromatic carbocycles. The molecule has 0 radical (unpaired) electrons. The number of nitrogens with zero attached hydrogens (tertiary/aromatic N) is 5. The number of anilines is 1. The van der Waals surface area contributed by atoms with Gasteiger partial charge in [0.2, 0.25) is 0 Å². The van der Waals surface area contributed by atoms with Gasteiger partial charge in [-0.25, -0.2) is 15.0 Å². The van der Waals surface area contributed by atoms with Crippen LogP contribution in [0.15, 0.2) is 30.3 Å². The molecule has 6 nitrogen and oxygen atoms in total. The van der Waals surface area contributed by atoms with Gasteiger partial charge >= 0.3 is 0 Å². The molecule has 1 atom stereocenters. The minimum absolute atomic E-state index is 0.182. The second-order valence-corrected chi connectivity index (χ2v) is 7.79. The fourth-order valence-corrected chi connectivity index (χ4v) is 4.54. The lowest BCUT2D eigenvalue weighted by molar-refractivity contribution is 0.0106. The van der Waals surface area contributed by atoms with Crippen molar-refractivity contribution in [1.29, 1.82) is 0 Å². The van der Waals surface area contributed by atoms with E-state index < -0.39 is 0 Å². The fraction of sp³-hybridized carbons (Fsp3) is 0.588. The lowest BCUT2D eigenvalue weighted by Crippen LogP contribution is -2.50. The Morgan fingerprint density at radius 1 is 1.21 bits per heavy atom. The van der Waals surface area contributed by atoms with Crippen LogP contribution in [0.3, 0.4) is 0 Å². The van der Waals surface area contributed by atoms with Crippen LogP contribution in [0.1, 0.15) is 17.8 Å². The molecule has 2 aromatic heterocycles. The van der Waals surface area contributed by atoms with Crippen molar-refractivity contribution in [2.24, 2.45) is 5.41 Å². The summed E-state index contributed by atoms with van der Waals surface area (Å²) in [5.74, 6) is 0. The summed E-state index contributed by atoms with van der Waals surface area (Å²) < 4.78 is 6.00. The van der Waals surface area contributed by atoms with Crippen LogP contribution in [0.5, 0.6) is 0 Å². The zero-order valence-corrected chi connectivity index (χ0v) is 14.6. The molecule has 2 aliphatic heterocycles. The lowest BCUT2D eigenvalue weighted by Gasteiger charge is -2.43. The quantitative estimate of drug-likeness (QED) is 0.849. The topological polar surface area (TPSA) is 54.4 Å². The van der Waals surface area contributed by atoms with Gasteiger partial charge in [-0.3, -0.25) is 4.90 Å². The van der Waals surface area contributed by atoms with E-state index in [-0.39, 0.29) is 5.41 Å². The fourth-order valence-electron chi connectivity index (χ4n) is 3.88. The van der Waals surface area contributed by atoms with Crippen LogP contribution in [0.2, 0.25) is 0 Å². The molecule has 2 fully saturated rings. The molecule has 2 aliphatic rings. The van der Waals surface area contributed by atoms with Crippen LogP contribution < -0.4 is 4.90 Å². The van der Waals surface area contributed by atoms with Crippen molar-refractivity contribution >= 4 is 17.0 Å². The monoisotopic (exact) mass is 345 g/mol. The number of hydrogen-bond donors (Lipinski definition) is 0. The van der Waals surface area contributed by atoms with E-state index in [1.54, 1.807) is 17.7 Å². The molecule has 0 bridgehead atoms. The van der Waals surface area contributed by atoms with Crippen molar-refractivity contribution in [3.05, 3.63) is 35.3 Å². The van der Waals surface area contributed by atoms with Crippen LogP contribution in [0.4, 0.5) is 5.69 Å². The highest BCUT2D eigenvalue weighted by Gasteiger charge is 2.39. The first-order valence-corrected chi connectivity index (χ1v) is 9.39. The number of ether oxygens (including phenoxy) is 1. The van der Waals surface area contributed by atoms with Crippen molar-refractivity contribution in [2.75, 3.05) is 44.3 Å². The van der Waals surface area contributed by atoms with Gasteiger partial charge in [0.05, 0.1) is 37.8 Å². The highest BCUT2D eigenvalue weighted by atomic mass is 32.1. The molecular weight excluding hydrogens is 322 g/mol. The highest BCUT2D eigenvalue weighted by Crippen LogP contribution is 2.35. The van der Waals surface area contributed by atoms with E-state index in [9.17, 15) is 0 Å². The molecular formula is C17H23N5OS. The Bertz CT molecular complexity index is 638. The van der Waals surface area contributed by atoms with E-state index in [0.29, 0.717) is 0 Å². The normalized spacial score (nSPS) is 25.8. The predicted octanol–water partition coefficient (Wildman–Crippen LogP) is 2.05. The largest absolute Gasteiger partial charge is 0.379 e. The van der Waals surface area contributed by atoms with Crippen LogP contribution in [-0.4, -0.2) is 59.2 Å². The molecule has 0 aliphatic carbocycles. The molecule has 2 aromatic rings. The van der Waals surface area contributed by atoms with Gasteiger partial charge in [-0.15, -0.1) is 11.3 Å². The van der Waals surface area contributed by atoms with Crippen molar-refractivity contribution in [2.45, 2.75) is 19.4 Å². The number of thiazole rings is 1. The molecule has 2 saturated heterocycles. The summed E-state index contributed by atoms with van der Waals surface area (Å²) in [4.78, 5) is 17.7. The SMILES string of the molecule is c1ncc(N2CCOCC3(CCCN(Cc4nccs4)C3)C2)cn1. The van der Waals surface area contributed by atoms with E-state index in [4.69, 9.17) is 4.74 Å². The summed E-state index contributed by atoms with van der Waals surface area (Å²) in [6, 6.07) is 0. The molecule has 0 saturated carbocycles. The summed E-state index contributed by atoms with van der Waals surface area (Å²) in [5, 5.41) is 3.26. The summed E-state index contributed by atoms with van der Waals surface area (Å²) in [6.07, 6.45) is 9.72. The molecule has 0 amide bonds. The summed E-state index contributed by atoms with van der Waals surface area (Å²) in [6.45, 7) is 6.69. The predicted molar refractivity (Wildman–Crippen MR) is 94.1 cm³/mol. The third-order valence-corrected chi connectivity index (χ3v) is 5.70.